The Morgan fingerprint density at radius 3 is 2.38 bits per heavy atom. The van der Waals surface area contributed by atoms with Crippen molar-refractivity contribution in [2.75, 3.05) is 4.72 Å². The topological polar surface area (TPSA) is 83.5 Å². The number of rotatable bonds is 6. The molecule has 0 amide bonds. The summed E-state index contributed by atoms with van der Waals surface area (Å²) in [7, 11) is -3.69. The van der Waals surface area contributed by atoms with Crippen LogP contribution in [0.1, 0.15) is 30.9 Å². The molecule has 0 unspecified atom stereocenters. The van der Waals surface area contributed by atoms with Crippen molar-refractivity contribution in [3.05, 3.63) is 65.7 Å². The van der Waals surface area contributed by atoms with Crippen molar-refractivity contribution < 1.29 is 18.3 Å². The Hall–Kier alpha value is -2.60. The molecule has 2 aromatic rings. The van der Waals surface area contributed by atoms with Crippen LogP contribution >= 0.6 is 0 Å². The van der Waals surface area contributed by atoms with Crippen LogP contribution in [0, 0.1) is 0 Å². The third-order valence-electron chi connectivity index (χ3n) is 3.41. The Bertz CT molecular complexity index is 853. The molecule has 2 rings (SSSR count). The van der Waals surface area contributed by atoms with Gasteiger partial charge in [0.25, 0.3) is 10.0 Å². The van der Waals surface area contributed by atoms with Crippen LogP contribution in [0.4, 0.5) is 5.69 Å². The fourth-order valence-electron chi connectivity index (χ4n) is 2.10. The van der Waals surface area contributed by atoms with E-state index in [4.69, 9.17) is 5.11 Å². The minimum absolute atomic E-state index is 0.116. The second kappa shape index (κ2) is 7.31. The number of benzene rings is 2. The van der Waals surface area contributed by atoms with Crippen LogP contribution in [-0.4, -0.2) is 19.5 Å². The lowest BCUT2D eigenvalue weighted by Crippen LogP contribution is -2.13. The fourth-order valence-corrected chi connectivity index (χ4v) is 3.15. The van der Waals surface area contributed by atoms with E-state index in [0.717, 1.165) is 11.6 Å². The van der Waals surface area contributed by atoms with Gasteiger partial charge in [0.05, 0.1) is 4.90 Å². The number of sulfonamides is 1. The van der Waals surface area contributed by atoms with Crippen LogP contribution in [-0.2, 0) is 14.8 Å². The normalized spacial score (nSPS) is 11.8. The zero-order valence-electron chi connectivity index (χ0n) is 13.4. The third-order valence-corrected chi connectivity index (χ3v) is 4.81. The summed E-state index contributed by atoms with van der Waals surface area (Å²) in [6.45, 7) is 4.08. The molecule has 0 heterocycles. The number of anilines is 1. The van der Waals surface area contributed by atoms with Crippen molar-refractivity contribution >= 4 is 27.8 Å². The first-order valence-corrected chi connectivity index (χ1v) is 8.90. The zero-order valence-corrected chi connectivity index (χ0v) is 14.2. The first-order chi connectivity index (χ1) is 11.3. The van der Waals surface area contributed by atoms with Crippen molar-refractivity contribution in [2.24, 2.45) is 0 Å². The smallest absolute Gasteiger partial charge is 0.328 e. The highest BCUT2D eigenvalue weighted by atomic mass is 32.2. The average molecular weight is 345 g/mol. The Labute approximate surface area is 141 Å². The van der Waals surface area contributed by atoms with Gasteiger partial charge in [-0.1, -0.05) is 38.1 Å². The standard InChI is InChI=1S/C18H19NO4S/c1-13(2)15-4-3-5-16(12-15)19-24(22,23)17-9-6-14(7-10-17)8-11-18(20)21/h3-13,19H,1-2H3,(H,20,21). The summed E-state index contributed by atoms with van der Waals surface area (Å²) in [6, 6.07) is 13.3. The van der Waals surface area contributed by atoms with E-state index in [1.165, 1.54) is 18.2 Å². The number of carbonyl (C=O) groups is 1. The number of nitrogens with one attached hydrogen (secondary N) is 1. The van der Waals surface area contributed by atoms with Crippen molar-refractivity contribution in [1.82, 2.24) is 0 Å². The van der Waals surface area contributed by atoms with Crippen LogP contribution in [0.25, 0.3) is 6.08 Å². The van der Waals surface area contributed by atoms with Gasteiger partial charge in [-0.05, 0) is 47.4 Å². The van der Waals surface area contributed by atoms with E-state index < -0.39 is 16.0 Å². The van der Waals surface area contributed by atoms with Gasteiger partial charge < -0.3 is 5.11 Å². The van der Waals surface area contributed by atoms with E-state index in [9.17, 15) is 13.2 Å². The second-order valence-electron chi connectivity index (χ2n) is 5.63. The predicted molar refractivity (Wildman–Crippen MR) is 94.5 cm³/mol. The van der Waals surface area contributed by atoms with Crippen LogP contribution in [0.15, 0.2) is 59.5 Å². The van der Waals surface area contributed by atoms with E-state index in [-0.39, 0.29) is 4.90 Å². The summed E-state index contributed by atoms with van der Waals surface area (Å²) in [4.78, 5) is 10.6. The van der Waals surface area contributed by atoms with Gasteiger partial charge in [0.2, 0.25) is 0 Å². The quantitative estimate of drug-likeness (QED) is 0.782. The van der Waals surface area contributed by atoms with Crippen LogP contribution < -0.4 is 4.72 Å². The van der Waals surface area contributed by atoms with Crippen molar-refractivity contribution in [3.8, 4) is 0 Å². The van der Waals surface area contributed by atoms with Crippen LogP contribution in [0.5, 0.6) is 0 Å². The molecule has 0 spiro atoms. The third kappa shape index (κ3) is 4.70. The first kappa shape index (κ1) is 17.7. The number of hydrogen-bond acceptors (Lipinski definition) is 3. The number of hydrogen-bond donors (Lipinski definition) is 2. The van der Waals surface area contributed by atoms with Gasteiger partial charge in [-0.15, -0.1) is 0 Å². The minimum Gasteiger partial charge on any atom is -0.478 e. The molecule has 0 saturated carbocycles. The summed E-state index contributed by atoms with van der Waals surface area (Å²) in [5, 5.41) is 8.59. The Balaban J connectivity index is 2.21. The average Bonchev–Trinajstić information content (AvgIpc) is 2.53. The van der Waals surface area contributed by atoms with E-state index in [1.807, 2.05) is 32.0 Å². The molecule has 0 aromatic heterocycles. The maximum atomic E-state index is 12.4. The molecule has 5 nitrogen and oxygen atoms in total. The highest BCUT2D eigenvalue weighted by Crippen LogP contribution is 2.21. The zero-order chi connectivity index (χ0) is 17.7. The van der Waals surface area contributed by atoms with E-state index in [2.05, 4.69) is 4.72 Å². The second-order valence-corrected chi connectivity index (χ2v) is 7.31. The molecule has 0 aliphatic carbocycles. The monoisotopic (exact) mass is 345 g/mol. The lowest BCUT2D eigenvalue weighted by atomic mass is 10.0. The SMILES string of the molecule is CC(C)c1cccc(NS(=O)(=O)c2ccc(C=CC(=O)O)cc2)c1. The number of aliphatic carboxylic acids is 1. The molecule has 0 atom stereocenters. The van der Waals surface area contributed by atoms with E-state index >= 15 is 0 Å². The maximum absolute atomic E-state index is 12.4. The van der Waals surface area contributed by atoms with Gasteiger partial charge in [0.1, 0.15) is 0 Å². The molecular formula is C18H19NO4S. The summed E-state index contributed by atoms with van der Waals surface area (Å²) in [5.41, 5.74) is 2.17. The molecule has 0 aliphatic heterocycles. The van der Waals surface area contributed by atoms with Gasteiger partial charge in [-0.25, -0.2) is 13.2 Å². The van der Waals surface area contributed by atoms with Crippen LogP contribution in [0.3, 0.4) is 0 Å². The molecular weight excluding hydrogens is 326 g/mol. The fraction of sp³-hybridized carbons (Fsp3) is 0.167. The Morgan fingerprint density at radius 2 is 1.79 bits per heavy atom. The molecule has 0 aliphatic rings. The van der Waals surface area contributed by atoms with E-state index in [1.54, 1.807) is 18.2 Å². The molecule has 2 N–H and O–H groups in total. The van der Waals surface area contributed by atoms with Gasteiger partial charge in [-0.3, -0.25) is 4.72 Å². The molecule has 0 bridgehead atoms. The summed E-state index contributed by atoms with van der Waals surface area (Å²) < 4.78 is 27.4. The van der Waals surface area contributed by atoms with Crippen molar-refractivity contribution in [1.29, 1.82) is 0 Å². The maximum Gasteiger partial charge on any atom is 0.328 e. The van der Waals surface area contributed by atoms with Gasteiger partial charge in [-0.2, -0.15) is 0 Å². The highest BCUT2D eigenvalue weighted by molar-refractivity contribution is 7.92. The lowest BCUT2D eigenvalue weighted by Gasteiger charge is -2.11. The van der Waals surface area contributed by atoms with E-state index in [0.29, 0.717) is 17.2 Å². The highest BCUT2D eigenvalue weighted by Gasteiger charge is 2.14. The minimum atomic E-state index is -3.69. The number of carboxylic acid groups (broad SMARTS) is 1. The molecule has 0 saturated heterocycles. The predicted octanol–water partition coefficient (Wildman–Crippen LogP) is 3.71. The Kier molecular flexibility index (Phi) is 5.41. The summed E-state index contributed by atoms with van der Waals surface area (Å²) in [5.74, 6) is -0.756. The first-order valence-electron chi connectivity index (χ1n) is 7.42. The van der Waals surface area contributed by atoms with Gasteiger partial charge in [0, 0.05) is 11.8 Å². The van der Waals surface area contributed by atoms with Gasteiger partial charge >= 0.3 is 5.97 Å². The Morgan fingerprint density at radius 1 is 1.12 bits per heavy atom. The summed E-state index contributed by atoms with van der Waals surface area (Å²) >= 11 is 0. The van der Waals surface area contributed by atoms with Gasteiger partial charge in [0.15, 0.2) is 0 Å². The molecule has 126 valence electrons. The largest absolute Gasteiger partial charge is 0.478 e. The molecule has 6 heteroatoms. The van der Waals surface area contributed by atoms with Crippen LogP contribution in [0.2, 0.25) is 0 Å². The summed E-state index contributed by atoms with van der Waals surface area (Å²) in [6.07, 6.45) is 2.40. The lowest BCUT2D eigenvalue weighted by molar-refractivity contribution is -0.131. The molecule has 0 radical (unpaired) electrons. The molecule has 2 aromatic carbocycles. The number of carboxylic acids is 1. The van der Waals surface area contributed by atoms with Crippen molar-refractivity contribution in [2.45, 2.75) is 24.7 Å². The van der Waals surface area contributed by atoms with Crippen molar-refractivity contribution in [3.63, 3.8) is 0 Å². The molecule has 0 fully saturated rings. The molecule has 24 heavy (non-hydrogen) atoms.